The Morgan fingerprint density at radius 1 is 0.345 bits per heavy atom. The molecule has 10 rings (SSSR count). The molecular formula is C56H47NO. The molecule has 0 aliphatic heterocycles. The Balaban J connectivity index is 1.17. The molecule has 0 unspecified atom stereocenters. The lowest BCUT2D eigenvalue weighted by molar-refractivity contribution is 0.669. The molecule has 282 valence electrons. The molecule has 0 N–H and O–H groups in total. The number of aryl methyl sites for hydroxylation is 8. The summed E-state index contributed by atoms with van der Waals surface area (Å²) in [5.41, 5.74) is 25.8. The van der Waals surface area contributed by atoms with Gasteiger partial charge in [0.15, 0.2) is 0 Å². The summed E-state index contributed by atoms with van der Waals surface area (Å²) < 4.78 is 8.68. The number of nitrogens with zero attached hydrogens (tertiary/aromatic N) is 1. The first kappa shape index (κ1) is 35.8. The van der Waals surface area contributed by atoms with E-state index >= 15 is 0 Å². The monoisotopic (exact) mass is 749 g/mol. The Kier molecular flexibility index (Phi) is 8.32. The van der Waals surface area contributed by atoms with Crippen molar-refractivity contribution in [2.24, 2.45) is 0 Å². The van der Waals surface area contributed by atoms with E-state index in [1.807, 2.05) is 12.1 Å². The first-order valence-corrected chi connectivity index (χ1v) is 20.4. The molecule has 2 heteroatoms. The normalized spacial score (nSPS) is 11.8. The van der Waals surface area contributed by atoms with Gasteiger partial charge in [0.25, 0.3) is 0 Å². The molecule has 0 spiro atoms. The molecule has 10 aromatic rings. The van der Waals surface area contributed by atoms with Gasteiger partial charge in [0.1, 0.15) is 11.2 Å². The average Bonchev–Trinajstić information content (AvgIpc) is 3.73. The minimum absolute atomic E-state index is 0.903. The van der Waals surface area contributed by atoms with Crippen LogP contribution in [0.1, 0.15) is 44.5 Å². The lowest BCUT2D eigenvalue weighted by atomic mass is 9.88. The van der Waals surface area contributed by atoms with Gasteiger partial charge < -0.3 is 8.98 Å². The van der Waals surface area contributed by atoms with Crippen LogP contribution in [0.25, 0.3) is 93.9 Å². The summed E-state index contributed by atoms with van der Waals surface area (Å²) in [6, 6.07) is 52.1. The predicted octanol–water partition coefficient (Wildman–Crippen LogP) is 15.8. The fourth-order valence-electron chi connectivity index (χ4n) is 9.92. The fourth-order valence-corrected chi connectivity index (χ4v) is 9.92. The van der Waals surface area contributed by atoms with Crippen molar-refractivity contribution in [3.63, 3.8) is 0 Å². The highest BCUT2D eigenvalue weighted by Gasteiger charge is 2.19. The minimum Gasteiger partial charge on any atom is -0.456 e. The molecule has 2 nitrogen and oxygen atoms in total. The van der Waals surface area contributed by atoms with Crippen LogP contribution < -0.4 is 0 Å². The van der Waals surface area contributed by atoms with Gasteiger partial charge in [-0.05, 0) is 194 Å². The maximum atomic E-state index is 6.25. The lowest BCUT2D eigenvalue weighted by Gasteiger charge is -2.17. The van der Waals surface area contributed by atoms with Crippen LogP contribution in [0.4, 0.5) is 0 Å². The molecule has 0 aliphatic rings. The van der Waals surface area contributed by atoms with Gasteiger partial charge in [-0.3, -0.25) is 0 Å². The van der Waals surface area contributed by atoms with E-state index in [1.54, 1.807) is 0 Å². The van der Waals surface area contributed by atoms with Crippen LogP contribution in [-0.4, -0.2) is 4.57 Å². The Labute approximate surface area is 341 Å². The summed E-state index contributed by atoms with van der Waals surface area (Å²) >= 11 is 0. The van der Waals surface area contributed by atoms with Gasteiger partial charge in [-0.1, -0.05) is 90.0 Å². The molecule has 0 saturated carbocycles. The molecule has 58 heavy (non-hydrogen) atoms. The Hall–Kier alpha value is -6.64. The van der Waals surface area contributed by atoms with Crippen molar-refractivity contribution >= 4 is 43.7 Å². The standard InChI is InChI=1S/C56H47NO/c1-32-23-36(5)55(37(6)24-32)42-16-14-35(4)47(29-42)46-27-40(15-13-34(46)3)41-17-20-51-48(28-41)49-30-43(56-38(7)25-33(2)26-39(56)8)18-21-52(49)57(51)44-19-22-54-50(31-44)45-11-9-10-12-53(45)58-54/h9-31H,1-8H3. The van der Waals surface area contributed by atoms with E-state index in [4.69, 9.17) is 4.42 Å². The highest BCUT2D eigenvalue weighted by atomic mass is 16.3. The first-order valence-electron chi connectivity index (χ1n) is 20.4. The molecule has 8 aromatic carbocycles. The SMILES string of the molecule is Cc1cc(C)c(-c2ccc(C)c(-c3cc(-c4ccc5c(c4)c4cc(-c6c(C)cc(C)cc6C)ccc4n5-c4ccc5oc6ccccc6c5c4)ccc3C)c2)c(C)c1. The zero-order chi connectivity index (χ0) is 40.0. The van der Waals surface area contributed by atoms with Crippen molar-refractivity contribution in [2.45, 2.75) is 55.4 Å². The molecule has 2 heterocycles. The smallest absolute Gasteiger partial charge is 0.135 e. The second-order valence-electron chi connectivity index (χ2n) is 16.7. The van der Waals surface area contributed by atoms with Crippen molar-refractivity contribution in [1.29, 1.82) is 0 Å². The number of hydrogen-bond acceptors (Lipinski definition) is 1. The highest BCUT2D eigenvalue weighted by molar-refractivity contribution is 6.13. The predicted molar refractivity (Wildman–Crippen MR) is 248 cm³/mol. The molecule has 0 bridgehead atoms. The van der Waals surface area contributed by atoms with Gasteiger partial charge >= 0.3 is 0 Å². The zero-order valence-corrected chi connectivity index (χ0v) is 34.6. The summed E-state index contributed by atoms with van der Waals surface area (Å²) in [6.45, 7) is 17.8. The molecule has 0 atom stereocenters. The van der Waals surface area contributed by atoms with E-state index in [2.05, 4.69) is 187 Å². The Morgan fingerprint density at radius 2 is 0.810 bits per heavy atom. The molecule has 0 aliphatic carbocycles. The number of para-hydroxylation sites is 1. The van der Waals surface area contributed by atoms with Gasteiger partial charge in [0.2, 0.25) is 0 Å². The third kappa shape index (κ3) is 5.78. The molecule has 0 saturated heterocycles. The summed E-state index contributed by atoms with van der Waals surface area (Å²) in [5, 5.41) is 4.74. The van der Waals surface area contributed by atoms with Crippen molar-refractivity contribution in [1.82, 2.24) is 4.57 Å². The summed E-state index contributed by atoms with van der Waals surface area (Å²) in [4.78, 5) is 0. The average molecular weight is 750 g/mol. The van der Waals surface area contributed by atoms with E-state index < -0.39 is 0 Å². The van der Waals surface area contributed by atoms with Crippen LogP contribution in [0.3, 0.4) is 0 Å². The van der Waals surface area contributed by atoms with E-state index in [-0.39, 0.29) is 0 Å². The quantitative estimate of drug-likeness (QED) is 0.171. The fraction of sp³-hybridized carbons (Fsp3) is 0.143. The number of fused-ring (bicyclic) bond motifs is 6. The topological polar surface area (TPSA) is 18.1 Å². The van der Waals surface area contributed by atoms with Gasteiger partial charge in [-0.25, -0.2) is 0 Å². The van der Waals surface area contributed by atoms with Crippen LogP contribution >= 0.6 is 0 Å². The molecule has 2 aromatic heterocycles. The zero-order valence-electron chi connectivity index (χ0n) is 34.6. The summed E-state index contributed by atoms with van der Waals surface area (Å²) in [7, 11) is 0. The van der Waals surface area contributed by atoms with Crippen molar-refractivity contribution in [2.75, 3.05) is 0 Å². The van der Waals surface area contributed by atoms with Gasteiger partial charge in [0.05, 0.1) is 11.0 Å². The number of aromatic nitrogens is 1. The van der Waals surface area contributed by atoms with E-state index in [0.29, 0.717) is 0 Å². The number of hydrogen-bond donors (Lipinski definition) is 0. The van der Waals surface area contributed by atoms with Crippen LogP contribution in [0.15, 0.2) is 144 Å². The third-order valence-corrected chi connectivity index (χ3v) is 12.4. The van der Waals surface area contributed by atoms with Gasteiger partial charge in [0, 0.05) is 27.2 Å². The highest BCUT2D eigenvalue weighted by Crippen LogP contribution is 2.41. The third-order valence-electron chi connectivity index (χ3n) is 12.4. The summed E-state index contributed by atoms with van der Waals surface area (Å²) in [5.74, 6) is 0. The largest absolute Gasteiger partial charge is 0.456 e. The van der Waals surface area contributed by atoms with Crippen molar-refractivity contribution in [3.8, 4) is 50.2 Å². The van der Waals surface area contributed by atoms with E-state index in [0.717, 1.165) is 27.6 Å². The van der Waals surface area contributed by atoms with Crippen LogP contribution in [-0.2, 0) is 0 Å². The number of furan rings is 1. The van der Waals surface area contributed by atoms with Crippen molar-refractivity contribution in [3.05, 3.63) is 184 Å². The Morgan fingerprint density at radius 3 is 1.43 bits per heavy atom. The molecule has 0 radical (unpaired) electrons. The van der Waals surface area contributed by atoms with Gasteiger partial charge in [-0.2, -0.15) is 0 Å². The Bertz CT molecular complexity index is 3270. The maximum Gasteiger partial charge on any atom is 0.135 e. The van der Waals surface area contributed by atoms with Crippen LogP contribution in [0, 0.1) is 55.4 Å². The second kappa shape index (κ2) is 13.5. The number of benzene rings is 8. The molecule has 0 amide bonds. The van der Waals surface area contributed by atoms with E-state index in [9.17, 15) is 0 Å². The second-order valence-corrected chi connectivity index (χ2v) is 16.7. The number of rotatable bonds is 5. The lowest BCUT2D eigenvalue weighted by Crippen LogP contribution is -1.94. The maximum absolute atomic E-state index is 6.25. The van der Waals surface area contributed by atoms with Crippen LogP contribution in [0.5, 0.6) is 0 Å². The van der Waals surface area contributed by atoms with E-state index in [1.165, 1.54) is 111 Å². The van der Waals surface area contributed by atoms with Crippen molar-refractivity contribution < 1.29 is 4.42 Å². The summed E-state index contributed by atoms with van der Waals surface area (Å²) in [6.07, 6.45) is 0. The first-order chi connectivity index (χ1) is 28.0. The van der Waals surface area contributed by atoms with Gasteiger partial charge in [-0.15, -0.1) is 0 Å². The molecular weight excluding hydrogens is 703 g/mol. The van der Waals surface area contributed by atoms with Crippen LogP contribution in [0.2, 0.25) is 0 Å². The minimum atomic E-state index is 0.903. The molecule has 0 fully saturated rings.